The van der Waals surface area contributed by atoms with Crippen LogP contribution in [0, 0.1) is 5.82 Å². The van der Waals surface area contributed by atoms with Crippen LogP contribution in [0.3, 0.4) is 0 Å². The van der Waals surface area contributed by atoms with Gasteiger partial charge in [0, 0.05) is 41.2 Å². The number of furan rings is 1. The molecule has 9 heteroatoms. The van der Waals surface area contributed by atoms with Crippen LogP contribution in [0.25, 0.3) is 28.2 Å². The Bertz CT molecular complexity index is 1080. The molecule has 25 heavy (non-hydrogen) atoms. The molecule has 3 aromatic heterocycles. The van der Waals surface area contributed by atoms with Gasteiger partial charge in [-0.15, -0.1) is 0 Å². The fraction of sp³-hybridized carbons (Fsp3) is 0. The van der Waals surface area contributed by atoms with Gasteiger partial charge in [0.1, 0.15) is 15.7 Å². The maximum Gasteiger partial charge on any atom is 0.263 e. The molecule has 4 rings (SSSR count). The molecule has 5 nitrogen and oxygen atoms in total. The minimum absolute atomic E-state index is 0.200. The van der Waals surface area contributed by atoms with Crippen LogP contribution in [-0.4, -0.2) is 20.2 Å². The summed E-state index contributed by atoms with van der Waals surface area (Å²) in [6.45, 7) is 0. The number of thioether (sulfide) groups is 1. The third-order valence-corrected chi connectivity index (χ3v) is 4.91. The minimum Gasteiger partial charge on any atom is -0.456 e. The van der Waals surface area contributed by atoms with Crippen molar-refractivity contribution in [3.63, 3.8) is 0 Å². The van der Waals surface area contributed by atoms with Crippen LogP contribution >= 0.6 is 35.6 Å². The number of carbonyl (C=O) groups is 1. The molecular weight excluding hydrogens is 385 g/mol. The first kappa shape index (κ1) is 16.2. The van der Waals surface area contributed by atoms with Gasteiger partial charge >= 0.3 is 0 Å². The lowest BCUT2D eigenvalue weighted by Gasteiger charge is -2.02. The Morgan fingerprint density at radius 1 is 1.32 bits per heavy atom. The van der Waals surface area contributed by atoms with Crippen molar-refractivity contribution in [1.29, 1.82) is 0 Å². The molecule has 0 spiro atoms. The second-order valence-electron chi connectivity index (χ2n) is 5.10. The molecule has 1 saturated heterocycles. The van der Waals surface area contributed by atoms with E-state index >= 15 is 0 Å². The van der Waals surface area contributed by atoms with E-state index in [2.05, 4.69) is 15.3 Å². The Morgan fingerprint density at radius 2 is 2.16 bits per heavy atom. The smallest absolute Gasteiger partial charge is 0.263 e. The molecular formula is C16H7ClFN3O2S2. The standard InChI is InChI=1S/C16H7ClFN3O2S2/c17-14-11(18)2-7(5-20-14)10-6-19-4-8-1-9(23-13(8)10)3-12-15(22)21-16(24)25-12/h1-6H,(H,21,22,24)/b12-3-. The highest BCUT2D eigenvalue weighted by Gasteiger charge is 2.23. The molecule has 1 aliphatic heterocycles. The molecule has 1 amide bonds. The van der Waals surface area contributed by atoms with E-state index in [9.17, 15) is 9.18 Å². The first-order valence-electron chi connectivity index (χ1n) is 6.95. The zero-order valence-corrected chi connectivity index (χ0v) is 14.6. The van der Waals surface area contributed by atoms with Crippen molar-refractivity contribution >= 4 is 62.9 Å². The normalized spacial score (nSPS) is 16.0. The Labute approximate surface area is 155 Å². The zero-order chi connectivity index (χ0) is 17.6. The number of carbonyl (C=O) groups excluding carboxylic acids is 1. The number of nitrogens with zero attached hydrogens (tertiary/aromatic N) is 2. The summed E-state index contributed by atoms with van der Waals surface area (Å²) in [5.41, 5.74) is 1.57. The van der Waals surface area contributed by atoms with Crippen molar-refractivity contribution < 1.29 is 13.6 Å². The average molecular weight is 392 g/mol. The van der Waals surface area contributed by atoms with E-state index in [0.29, 0.717) is 37.1 Å². The first-order valence-corrected chi connectivity index (χ1v) is 8.55. The summed E-state index contributed by atoms with van der Waals surface area (Å²) in [6, 6.07) is 3.01. The summed E-state index contributed by atoms with van der Waals surface area (Å²) < 4.78 is 19.9. The van der Waals surface area contributed by atoms with Crippen LogP contribution in [0.15, 0.2) is 40.0 Å². The van der Waals surface area contributed by atoms with Gasteiger partial charge < -0.3 is 9.73 Å². The van der Waals surface area contributed by atoms with Crippen molar-refractivity contribution in [2.24, 2.45) is 0 Å². The number of pyridine rings is 2. The van der Waals surface area contributed by atoms with E-state index < -0.39 is 5.82 Å². The first-order chi connectivity index (χ1) is 12.0. The maximum atomic E-state index is 13.7. The lowest BCUT2D eigenvalue weighted by Crippen LogP contribution is -2.17. The Hall–Kier alpha value is -2.29. The Balaban J connectivity index is 1.81. The molecule has 0 atom stereocenters. The van der Waals surface area contributed by atoms with Crippen molar-refractivity contribution in [2.45, 2.75) is 0 Å². The molecule has 0 unspecified atom stereocenters. The lowest BCUT2D eigenvalue weighted by molar-refractivity contribution is -0.115. The molecule has 0 bridgehead atoms. The summed E-state index contributed by atoms with van der Waals surface area (Å²) in [4.78, 5) is 20.2. The van der Waals surface area contributed by atoms with Gasteiger partial charge in [0.2, 0.25) is 0 Å². The van der Waals surface area contributed by atoms with E-state index in [0.717, 1.165) is 11.8 Å². The van der Waals surface area contributed by atoms with E-state index in [1.165, 1.54) is 12.3 Å². The number of hydrogen-bond donors (Lipinski definition) is 1. The summed E-state index contributed by atoms with van der Waals surface area (Å²) >= 11 is 11.7. The van der Waals surface area contributed by atoms with Crippen molar-refractivity contribution in [3.05, 3.63) is 52.4 Å². The molecule has 1 fully saturated rings. The van der Waals surface area contributed by atoms with Crippen LogP contribution in [-0.2, 0) is 4.79 Å². The van der Waals surface area contributed by atoms with Crippen LogP contribution in [0.2, 0.25) is 5.15 Å². The van der Waals surface area contributed by atoms with Gasteiger partial charge in [-0.2, -0.15) is 0 Å². The number of rotatable bonds is 2. The van der Waals surface area contributed by atoms with Crippen LogP contribution in [0.1, 0.15) is 5.76 Å². The summed E-state index contributed by atoms with van der Waals surface area (Å²) in [5.74, 6) is -0.427. The quantitative estimate of drug-likeness (QED) is 0.401. The minimum atomic E-state index is -0.627. The van der Waals surface area contributed by atoms with Gasteiger partial charge in [-0.25, -0.2) is 9.37 Å². The molecule has 0 saturated carbocycles. The second-order valence-corrected chi connectivity index (χ2v) is 7.18. The van der Waals surface area contributed by atoms with E-state index in [1.54, 1.807) is 24.5 Å². The summed E-state index contributed by atoms with van der Waals surface area (Å²) in [7, 11) is 0. The largest absolute Gasteiger partial charge is 0.456 e. The Morgan fingerprint density at radius 3 is 2.88 bits per heavy atom. The summed E-state index contributed by atoms with van der Waals surface area (Å²) in [6.07, 6.45) is 6.22. The monoisotopic (exact) mass is 391 g/mol. The molecule has 1 N–H and O–H groups in total. The number of amides is 1. The highest BCUT2D eigenvalue weighted by Crippen LogP contribution is 2.33. The van der Waals surface area contributed by atoms with E-state index in [4.69, 9.17) is 28.2 Å². The number of fused-ring (bicyclic) bond motifs is 1. The number of hydrogen-bond acceptors (Lipinski definition) is 6. The second kappa shape index (κ2) is 6.21. The highest BCUT2D eigenvalue weighted by molar-refractivity contribution is 8.26. The van der Waals surface area contributed by atoms with Gasteiger partial charge in [0.15, 0.2) is 11.0 Å². The number of halogens is 2. The van der Waals surface area contributed by atoms with Gasteiger partial charge in [-0.05, 0) is 12.1 Å². The van der Waals surface area contributed by atoms with Gasteiger partial charge in [0.05, 0.1) is 4.91 Å². The molecule has 0 radical (unpaired) electrons. The fourth-order valence-corrected chi connectivity index (χ4v) is 3.51. The molecule has 1 aliphatic rings. The highest BCUT2D eigenvalue weighted by atomic mass is 35.5. The zero-order valence-electron chi connectivity index (χ0n) is 12.2. The predicted molar refractivity (Wildman–Crippen MR) is 98.5 cm³/mol. The molecule has 0 aliphatic carbocycles. The fourth-order valence-electron chi connectivity index (χ4n) is 2.38. The van der Waals surface area contributed by atoms with Crippen molar-refractivity contribution in [2.75, 3.05) is 0 Å². The Kier molecular flexibility index (Phi) is 4.03. The van der Waals surface area contributed by atoms with E-state index in [1.807, 2.05) is 0 Å². The third-order valence-electron chi connectivity index (χ3n) is 3.46. The number of thiocarbonyl (C=S) groups is 1. The third kappa shape index (κ3) is 3.04. The average Bonchev–Trinajstić information content (AvgIpc) is 3.12. The molecule has 4 heterocycles. The number of nitrogens with one attached hydrogen (secondary N) is 1. The summed E-state index contributed by atoms with van der Waals surface area (Å²) in [5, 5.41) is 3.05. The maximum absolute atomic E-state index is 13.7. The number of aromatic nitrogens is 2. The molecule has 0 aromatic carbocycles. The topological polar surface area (TPSA) is 68.0 Å². The SMILES string of the molecule is O=C1NC(=S)S/C1=C\c1cc2cncc(-c3cnc(Cl)c(F)c3)c2o1. The predicted octanol–water partition coefficient (Wildman–Crippen LogP) is 4.17. The lowest BCUT2D eigenvalue weighted by atomic mass is 10.1. The van der Waals surface area contributed by atoms with Crippen LogP contribution in [0.4, 0.5) is 4.39 Å². The van der Waals surface area contributed by atoms with Crippen LogP contribution in [0.5, 0.6) is 0 Å². The molecule has 3 aromatic rings. The van der Waals surface area contributed by atoms with Crippen molar-refractivity contribution in [3.8, 4) is 11.1 Å². The molecule has 124 valence electrons. The van der Waals surface area contributed by atoms with Gasteiger partial charge in [0.25, 0.3) is 5.91 Å². The van der Waals surface area contributed by atoms with Crippen LogP contribution < -0.4 is 5.32 Å². The van der Waals surface area contributed by atoms with Gasteiger partial charge in [-0.1, -0.05) is 35.6 Å². The van der Waals surface area contributed by atoms with Gasteiger partial charge in [-0.3, -0.25) is 9.78 Å². The van der Waals surface area contributed by atoms with Crippen molar-refractivity contribution in [1.82, 2.24) is 15.3 Å². The van der Waals surface area contributed by atoms with E-state index in [-0.39, 0.29) is 11.1 Å².